The van der Waals surface area contributed by atoms with Crippen molar-refractivity contribution >= 4 is 51.4 Å². The molecule has 4 rings (SSSR count). The van der Waals surface area contributed by atoms with Crippen molar-refractivity contribution in [1.82, 2.24) is 15.0 Å². The molecule has 200 valence electrons. The van der Waals surface area contributed by atoms with Crippen molar-refractivity contribution in [2.75, 3.05) is 35.5 Å². The first kappa shape index (κ1) is 27.0. The maximum Gasteiger partial charge on any atom is 0.269 e. The molecular formula is C25H29BrN8O4. The van der Waals surface area contributed by atoms with E-state index in [1.165, 1.54) is 12.1 Å². The van der Waals surface area contributed by atoms with Gasteiger partial charge in [-0.3, -0.25) is 10.1 Å². The van der Waals surface area contributed by atoms with Gasteiger partial charge in [-0.25, -0.2) is 5.43 Å². The number of anilines is 4. The van der Waals surface area contributed by atoms with Crippen LogP contribution in [-0.2, 0) is 0 Å². The summed E-state index contributed by atoms with van der Waals surface area (Å²) in [6, 6.07) is 9.72. The van der Waals surface area contributed by atoms with E-state index in [0.717, 1.165) is 48.8 Å². The van der Waals surface area contributed by atoms with Gasteiger partial charge in [-0.1, -0.05) is 26.7 Å². The summed E-state index contributed by atoms with van der Waals surface area (Å²) in [6.07, 6.45) is 5.72. The Labute approximate surface area is 228 Å². The fraction of sp³-hybridized carbons (Fsp3) is 0.360. The summed E-state index contributed by atoms with van der Waals surface area (Å²) in [7, 11) is 0. The van der Waals surface area contributed by atoms with Gasteiger partial charge in [0.2, 0.25) is 24.6 Å². The van der Waals surface area contributed by atoms with Crippen LogP contribution in [0, 0.1) is 10.1 Å². The van der Waals surface area contributed by atoms with Gasteiger partial charge in [-0.2, -0.15) is 20.1 Å². The first-order chi connectivity index (χ1) is 18.5. The van der Waals surface area contributed by atoms with Crippen molar-refractivity contribution in [1.29, 1.82) is 0 Å². The molecule has 1 aliphatic rings. The highest BCUT2D eigenvalue weighted by Gasteiger charge is 2.16. The zero-order chi connectivity index (χ0) is 26.9. The van der Waals surface area contributed by atoms with E-state index in [0.29, 0.717) is 29.1 Å². The van der Waals surface area contributed by atoms with Crippen LogP contribution in [0.1, 0.15) is 45.1 Å². The standard InChI is InChI=1S/C25H29BrN8O4/c1-3-5-11-33(12-6-4-2)25-30-23(28-18-7-9-19(10-8-18)34(35)36)29-24(31-25)32-27-15-17-13-21-22(14-20(17)26)38-16-37-21/h7-10,13-15H,3-6,11-12,16H2,1-2H3,(H2,28,29,30,31,32)/b27-15-. The van der Waals surface area contributed by atoms with Crippen LogP contribution < -0.4 is 25.1 Å². The van der Waals surface area contributed by atoms with Gasteiger partial charge < -0.3 is 19.7 Å². The van der Waals surface area contributed by atoms with Gasteiger partial charge in [0, 0.05) is 40.9 Å². The first-order valence-electron chi connectivity index (χ1n) is 12.4. The summed E-state index contributed by atoms with van der Waals surface area (Å²) in [5, 5.41) is 18.4. The molecule has 13 heteroatoms. The van der Waals surface area contributed by atoms with Gasteiger partial charge >= 0.3 is 0 Å². The summed E-state index contributed by atoms with van der Waals surface area (Å²) in [5.74, 6) is 2.39. The van der Waals surface area contributed by atoms with E-state index in [1.54, 1.807) is 18.3 Å². The van der Waals surface area contributed by atoms with Crippen LogP contribution in [0.2, 0.25) is 0 Å². The normalized spacial score (nSPS) is 12.1. The van der Waals surface area contributed by atoms with E-state index in [4.69, 9.17) is 9.47 Å². The van der Waals surface area contributed by atoms with Gasteiger partial charge in [0.25, 0.3) is 5.69 Å². The summed E-state index contributed by atoms with van der Waals surface area (Å²) >= 11 is 3.52. The molecular weight excluding hydrogens is 556 g/mol. The van der Waals surface area contributed by atoms with Gasteiger partial charge in [-0.05, 0) is 53.0 Å². The van der Waals surface area contributed by atoms with Crippen LogP contribution in [-0.4, -0.2) is 46.0 Å². The quantitative estimate of drug-likeness (QED) is 0.142. The molecule has 0 bridgehead atoms. The van der Waals surface area contributed by atoms with Crippen LogP contribution in [0.15, 0.2) is 46.0 Å². The number of benzene rings is 2. The number of hydrogen-bond donors (Lipinski definition) is 2. The van der Waals surface area contributed by atoms with Gasteiger partial charge in [0.15, 0.2) is 11.5 Å². The van der Waals surface area contributed by atoms with Gasteiger partial charge in [0.1, 0.15) is 0 Å². The maximum atomic E-state index is 11.0. The number of ether oxygens (including phenoxy) is 2. The second kappa shape index (κ2) is 13.0. The molecule has 0 aliphatic carbocycles. The molecule has 0 amide bonds. The summed E-state index contributed by atoms with van der Waals surface area (Å²) in [4.78, 5) is 26.4. The minimum Gasteiger partial charge on any atom is -0.454 e. The molecule has 0 unspecified atom stereocenters. The molecule has 2 N–H and O–H groups in total. The molecule has 2 aromatic carbocycles. The number of hydrogen-bond acceptors (Lipinski definition) is 11. The zero-order valence-electron chi connectivity index (χ0n) is 21.2. The Hall–Kier alpha value is -4.00. The fourth-order valence-corrected chi connectivity index (χ4v) is 4.03. The zero-order valence-corrected chi connectivity index (χ0v) is 22.8. The Morgan fingerprint density at radius 2 is 1.71 bits per heavy atom. The lowest BCUT2D eigenvalue weighted by Crippen LogP contribution is -2.28. The van der Waals surface area contributed by atoms with E-state index >= 15 is 0 Å². The number of nitro groups is 1. The molecule has 0 spiro atoms. The van der Waals surface area contributed by atoms with Crippen LogP contribution in [0.5, 0.6) is 11.5 Å². The average molecular weight is 585 g/mol. The van der Waals surface area contributed by atoms with Crippen LogP contribution in [0.25, 0.3) is 0 Å². The van der Waals surface area contributed by atoms with Crippen molar-refractivity contribution in [2.24, 2.45) is 5.10 Å². The number of halogens is 1. The van der Waals surface area contributed by atoms with E-state index in [-0.39, 0.29) is 18.4 Å². The summed E-state index contributed by atoms with van der Waals surface area (Å²) in [5.41, 5.74) is 4.30. The van der Waals surface area contributed by atoms with E-state index in [2.05, 4.69) is 65.5 Å². The molecule has 12 nitrogen and oxygen atoms in total. The summed E-state index contributed by atoms with van der Waals surface area (Å²) in [6.45, 7) is 6.09. The molecule has 2 heterocycles. The second-order valence-electron chi connectivity index (χ2n) is 8.50. The Balaban J connectivity index is 1.59. The van der Waals surface area contributed by atoms with Gasteiger partial charge in [-0.15, -0.1) is 0 Å². The average Bonchev–Trinajstić information content (AvgIpc) is 3.36. The lowest BCUT2D eigenvalue weighted by atomic mass is 10.2. The highest BCUT2D eigenvalue weighted by atomic mass is 79.9. The molecule has 38 heavy (non-hydrogen) atoms. The summed E-state index contributed by atoms with van der Waals surface area (Å²) < 4.78 is 11.6. The van der Waals surface area contributed by atoms with Crippen molar-refractivity contribution < 1.29 is 14.4 Å². The number of rotatable bonds is 13. The van der Waals surface area contributed by atoms with Crippen molar-refractivity contribution in [3.05, 3.63) is 56.5 Å². The van der Waals surface area contributed by atoms with E-state index in [9.17, 15) is 10.1 Å². The number of fused-ring (bicyclic) bond motifs is 1. The molecule has 0 fully saturated rings. The lowest BCUT2D eigenvalue weighted by molar-refractivity contribution is -0.384. The fourth-order valence-electron chi connectivity index (χ4n) is 3.61. The third kappa shape index (κ3) is 7.06. The van der Waals surface area contributed by atoms with Crippen LogP contribution >= 0.6 is 15.9 Å². The minimum atomic E-state index is -0.442. The third-order valence-corrected chi connectivity index (χ3v) is 6.35. The molecule has 1 aromatic heterocycles. The molecule has 0 saturated carbocycles. The lowest BCUT2D eigenvalue weighted by Gasteiger charge is -2.23. The monoisotopic (exact) mass is 584 g/mol. The third-order valence-electron chi connectivity index (χ3n) is 5.66. The smallest absolute Gasteiger partial charge is 0.269 e. The SMILES string of the molecule is CCCCN(CCCC)c1nc(N/N=C\c2cc3c(cc2Br)OCO3)nc(Nc2ccc([N+](=O)[O-])cc2)n1. The second-order valence-corrected chi connectivity index (χ2v) is 9.36. The van der Waals surface area contributed by atoms with Crippen LogP contribution in [0.3, 0.4) is 0 Å². The Bertz CT molecular complexity index is 1280. The molecule has 0 radical (unpaired) electrons. The first-order valence-corrected chi connectivity index (χ1v) is 13.2. The van der Waals surface area contributed by atoms with E-state index < -0.39 is 4.92 Å². The van der Waals surface area contributed by atoms with E-state index in [1.807, 2.05) is 12.1 Å². The Morgan fingerprint density at radius 3 is 2.37 bits per heavy atom. The molecule has 1 aliphatic heterocycles. The number of aromatic nitrogens is 3. The van der Waals surface area contributed by atoms with Crippen molar-refractivity contribution in [3.8, 4) is 11.5 Å². The number of non-ortho nitro benzene ring substituents is 1. The number of hydrazone groups is 1. The molecule has 3 aromatic rings. The highest BCUT2D eigenvalue weighted by molar-refractivity contribution is 9.10. The minimum absolute atomic E-state index is 0.00330. The predicted octanol–water partition coefficient (Wildman–Crippen LogP) is 5.87. The molecule has 0 saturated heterocycles. The number of nitrogens with one attached hydrogen (secondary N) is 2. The number of nitrogens with zero attached hydrogens (tertiary/aromatic N) is 6. The van der Waals surface area contributed by atoms with Crippen LogP contribution in [0.4, 0.5) is 29.2 Å². The predicted molar refractivity (Wildman–Crippen MR) is 150 cm³/mol. The van der Waals surface area contributed by atoms with Crippen molar-refractivity contribution in [3.63, 3.8) is 0 Å². The maximum absolute atomic E-state index is 11.0. The Kier molecular flexibility index (Phi) is 9.25. The molecule has 0 atom stereocenters. The number of nitro benzene ring substituents is 1. The topological polar surface area (TPSA) is 140 Å². The van der Waals surface area contributed by atoms with Gasteiger partial charge in [0.05, 0.1) is 11.1 Å². The Morgan fingerprint density at radius 1 is 1.05 bits per heavy atom. The highest BCUT2D eigenvalue weighted by Crippen LogP contribution is 2.36. The van der Waals surface area contributed by atoms with Crippen molar-refractivity contribution in [2.45, 2.75) is 39.5 Å². The largest absolute Gasteiger partial charge is 0.454 e. The number of unbranched alkanes of at least 4 members (excludes halogenated alkanes) is 2.